The van der Waals surface area contributed by atoms with Gasteiger partial charge in [0.05, 0.1) is 6.61 Å². The first-order chi connectivity index (χ1) is 9.81. The van der Waals surface area contributed by atoms with E-state index in [0.717, 1.165) is 25.3 Å². The highest BCUT2D eigenvalue weighted by Gasteiger charge is 2.02. The van der Waals surface area contributed by atoms with Gasteiger partial charge < -0.3 is 10.1 Å². The van der Waals surface area contributed by atoms with Gasteiger partial charge in [0.1, 0.15) is 5.75 Å². The predicted octanol–water partition coefficient (Wildman–Crippen LogP) is 4.39. The summed E-state index contributed by atoms with van der Waals surface area (Å²) < 4.78 is 5.94. The minimum atomic E-state index is 0.609. The van der Waals surface area contributed by atoms with E-state index in [9.17, 15) is 0 Å². The van der Waals surface area contributed by atoms with Crippen LogP contribution in [0.5, 0.6) is 5.75 Å². The Labute approximate surface area is 122 Å². The van der Waals surface area contributed by atoms with Gasteiger partial charge in [-0.1, -0.05) is 43.3 Å². The molecule has 2 aromatic carbocycles. The Kier molecular flexibility index (Phi) is 5.87. The van der Waals surface area contributed by atoms with Crippen LogP contribution < -0.4 is 10.1 Å². The van der Waals surface area contributed by atoms with Crippen molar-refractivity contribution in [2.45, 2.75) is 39.2 Å². The fourth-order valence-corrected chi connectivity index (χ4v) is 2.51. The first-order valence-electron chi connectivity index (χ1n) is 7.65. The molecule has 2 aromatic rings. The second kappa shape index (κ2) is 7.91. The summed E-state index contributed by atoms with van der Waals surface area (Å²) in [5, 5.41) is 5.88. The number of benzene rings is 2. The van der Waals surface area contributed by atoms with Crippen LogP contribution in [0, 0.1) is 0 Å². The molecule has 0 bridgehead atoms. The highest BCUT2D eigenvalue weighted by molar-refractivity contribution is 5.88. The molecule has 2 heteroatoms. The van der Waals surface area contributed by atoms with Crippen molar-refractivity contribution in [1.29, 1.82) is 0 Å². The van der Waals surface area contributed by atoms with Crippen molar-refractivity contribution in [3.05, 3.63) is 42.5 Å². The average Bonchev–Trinajstić information content (AvgIpc) is 2.47. The van der Waals surface area contributed by atoms with Gasteiger partial charge in [-0.25, -0.2) is 0 Å². The maximum Gasteiger partial charge on any atom is 0.127 e. The van der Waals surface area contributed by atoms with Gasteiger partial charge in [-0.05, 0) is 44.2 Å². The molecule has 108 valence electrons. The first kappa shape index (κ1) is 14.9. The monoisotopic (exact) mass is 271 g/mol. The van der Waals surface area contributed by atoms with Gasteiger partial charge in [0.25, 0.3) is 0 Å². The lowest BCUT2D eigenvalue weighted by atomic mass is 10.1. The number of fused-ring (bicyclic) bond motifs is 1. The molecule has 2 rings (SSSR count). The van der Waals surface area contributed by atoms with E-state index in [0.29, 0.717) is 6.04 Å². The number of ether oxygens (including phenoxy) is 1. The molecule has 0 aromatic heterocycles. The lowest BCUT2D eigenvalue weighted by molar-refractivity contribution is 0.305. The Morgan fingerprint density at radius 2 is 1.85 bits per heavy atom. The van der Waals surface area contributed by atoms with Crippen molar-refractivity contribution in [2.75, 3.05) is 13.2 Å². The fraction of sp³-hybridized carbons (Fsp3) is 0.444. The highest BCUT2D eigenvalue weighted by Crippen LogP contribution is 2.25. The van der Waals surface area contributed by atoms with E-state index >= 15 is 0 Å². The SMILES string of the molecule is CCNC(C)CCCCOc1cccc2ccccc12. The van der Waals surface area contributed by atoms with Crippen LogP contribution in [0.2, 0.25) is 0 Å². The third-order valence-corrected chi connectivity index (χ3v) is 3.59. The third-order valence-electron chi connectivity index (χ3n) is 3.59. The van der Waals surface area contributed by atoms with Crippen LogP contribution in [0.1, 0.15) is 33.1 Å². The molecule has 2 nitrogen and oxygen atoms in total. The lowest BCUT2D eigenvalue weighted by Gasteiger charge is -2.12. The molecule has 0 fully saturated rings. The van der Waals surface area contributed by atoms with Gasteiger partial charge in [-0.2, -0.15) is 0 Å². The minimum Gasteiger partial charge on any atom is -0.493 e. The molecule has 0 aliphatic carbocycles. The zero-order chi connectivity index (χ0) is 14.2. The molecule has 0 saturated carbocycles. The topological polar surface area (TPSA) is 21.3 Å². The van der Waals surface area contributed by atoms with Crippen LogP contribution in [-0.2, 0) is 0 Å². The number of hydrogen-bond donors (Lipinski definition) is 1. The molecular weight excluding hydrogens is 246 g/mol. The Balaban J connectivity index is 1.79. The van der Waals surface area contributed by atoms with E-state index in [1.807, 2.05) is 0 Å². The van der Waals surface area contributed by atoms with Crippen molar-refractivity contribution in [1.82, 2.24) is 5.32 Å². The zero-order valence-electron chi connectivity index (χ0n) is 12.6. The molecule has 1 atom stereocenters. The highest BCUT2D eigenvalue weighted by atomic mass is 16.5. The molecule has 0 heterocycles. The Morgan fingerprint density at radius 3 is 2.70 bits per heavy atom. The molecule has 0 radical (unpaired) electrons. The van der Waals surface area contributed by atoms with Crippen LogP contribution in [0.15, 0.2) is 42.5 Å². The quantitative estimate of drug-likeness (QED) is 0.719. The molecule has 1 N–H and O–H groups in total. The number of rotatable bonds is 8. The molecular formula is C18H25NO. The summed E-state index contributed by atoms with van der Waals surface area (Å²) in [6.07, 6.45) is 3.53. The van der Waals surface area contributed by atoms with Gasteiger partial charge in [-0.15, -0.1) is 0 Å². The largest absolute Gasteiger partial charge is 0.493 e. The maximum atomic E-state index is 5.94. The summed E-state index contributed by atoms with van der Waals surface area (Å²) in [5.41, 5.74) is 0. The van der Waals surface area contributed by atoms with Crippen molar-refractivity contribution >= 4 is 10.8 Å². The third kappa shape index (κ3) is 4.24. The molecule has 1 unspecified atom stereocenters. The molecule has 0 amide bonds. The van der Waals surface area contributed by atoms with Gasteiger partial charge in [0.15, 0.2) is 0 Å². The molecule has 0 aliphatic rings. The summed E-state index contributed by atoms with van der Waals surface area (Å²) in [7, 11) is 0. The average molecular weight is 271 g/mol. The number of unbranched alkanes of at least 4 members (excludes halogenated alkanes) is 1. The van der Waals surface area contributed by atoms with Gasteiger partial charge in [0, 0.05) is 11.4 Å². The molecule has 0 saturated heterocycles. The smallest absolute Gasteiger partial charge is 0.127 e. The van der Waals surface area contributed by atoms with E-state index in [-0.39, 0.29) is 0 Å². The second-order valence-corrected chi connectivity index (χ2v) is 5.28. The van der Waals surface area contributed by atoms with E-state index in [1.54, 1.807) is 0 Å². The van der Waals surface area contributed by atoms with Crippen molar-refractivity contribution in [3.63, 3.8) is 0 Å². The van der Waals surface area contributed by atoms with E-state index in [4.69, 9.17) is 4.74 Å². The Morgan fingerprint density at radius 1 is 1.05 bits per heavy atom. The van der Waals surface area contributed by atoms with E-state index in [2.05, 4.69) is 61.6 Å². The van der Waals surface area contributed by atoms with Gasteiger partial charge in [-0.3, -0.25) is 0 Å². The normalized spacial score (nSPS) is 12.5. The Bertz CT molecular complexity index is 518. The summed E-state index contributed by atoms with van der Waals surface area (Å²) in [6, 6.07) is 15.2. The standard InChI is InChI=1S/C18H25NO/c1-3-19-15(2)9-6-7-14-20-18-13-8-11-16-10-4-5-12-17(16)18/h4-5,8,10-13,15,19H,3,6-7,9,14H2,1-2H3. The fourth-order valence-electron chi connectivity index (χ4n) is 2.51. The van der Waals surface area contributed by atoms with E-state index in [1.165, 1.54) is 23.6 Å². The Hall–Kier alpha value is -1.54. The van der Waals surface area contributed by atoms with Crippen molar-refractivity contribution in [3.8, 4) is 5.75 Å². The number of nitrogens with one attached hydrogen (secondary N) is 1. The molecule has 0 spiro atoms. The van der Waals surface area contributed by atoms with Gasteiger partial charge >= 0.3 is 0 Å². The summed E-state index contributed by atoms with van der Waals surface area (Å²) in [4.78, 5) is 0. The number of hydrogen-bond acceptors (Lipinski definition) is 2. The summed E-state index contributed by atoms with van der Waals surface area (Å²) in [5.74, 6) is 1.00. The molecule has 0 aliphatic heterocycles. The lowest BCUT2D eigenvalue weighted by Crippen LogP contribution is -2.25. The van der Waals surface area contributed by atoms with Crippen molar-refractivity contribution in [2.24, 2.45) is 0 Å². The van der Waals surface area contributed by atoms with Crippen LogP contribution in [0.25, 0.3) is 10.8 Å². The van der Waals surface area contributed by atoms with E-state index < -0.39 is 0 Å². The van der Waals surface area contributed by atoms with Crippen LogP contribution in [0.4, 0.5) is 0 Å². The predicted molar refractivity (Wildman–Crippen MR) is 86.4 cm³/mol. The van der Waals surface area contributed by atoms with Crippen LogP contribution in [-0.4, -0.2) is 19.2 Å². The van der Waals surface area contributed by atoms with Gasteiger partial charge in [0.2, 0.25) is 0 Å². The molecule has 20 heavy (non-hydrogen) atoms. The first-order valence-corrected chi connectivity index (χ1v) is 7.65. The summed E-state index contributed by atoms with van der Waals surface area (Å²) >= 11 is 0. The van der Waals surface area contributed by atoms with Crippen LogP contribution >= 0.6 is 0 Å². The maximum absolute atomic E-state index is 5.94. The van der Waals surface area contributed by atoms with Crippen molar-refractivity contribution < 1.29 is 4.74 Å². The zero-order valence-corrected chi connectivity index (χ0v) is 12.6. The summed E-state index contributed by atoms with van der Waals surface area (Å²) in [6.45, 7) is 6.25. The minimum absolute atomic E-state index is 0.609. The second-order valence-electron chi connectivity index (χ2n) is 5.28. The van der Waals surface area contributed by atoms with Crippen LogP contribution in [0.3, 0.4) is 0 Å².